The van der Waals surface area contributed by atoms with Crippen LogP contribution in [0, 0.1) is 0 Å². The first kappa shape index (κ1) is 19.2. The highest BCUT2D eigenvalue weighted by Crippen LogP contribution is 2.31. The Hall–Kier alpha value is -2.12. The second-order valence-electron chi connectivity index (χ2n) is 7.50. The van der Waals surface area contributed by atoms with Gasteiger partial charge in [0, 0.05) is 58.1 Å². The van der Waals surface area contributed by atoms with Crippen LogP contribution in [0.15, 0.2) is 45.8 Å². The molecule has 1 fully saturated rings. The molecule has 7 heteroatoms. The van der Waals surface area contributed by atoms with Crippen LogP contribution < -0.4 is 9.64 Å². The van der Waals surface area contributed by atoms with Gasteiger partial charge in [-0.3, -0.25) is 4.90 Å². The molecule has 0 spiro atoms. The van der Waals surface area contributed by atoms with E-state index in [4.69, 9.17) is 4.74 Å². The summed E-state index contributed by atoms with van der Waals surface area (Å²) in [4.78, 5) is 10.0. The molecular formula is C21H28N4O2S. The Bertz CT molecular complexity index is 959. The summed E-state index contributed by atoms with van der Waals surface area (Å²) >= 11 is 0. The van der Waals surface area contributed by atoms with Gasteiger partial charge in [-0.05, 0) is 36.2 Å². The van der Waals surface area contributed by atoms with Crippen LogP contribution in [0.1, 0.15) is 24.1 Å². The molecule has 0 saturated carbocycles. The lowest BCUT2D eigenvalue weighted by atomic mass is 10.0. The fraction of sp³-hybridized carbons (Fsp3) is 0.476. The third-order valence-corrected chi connectivity index (χ3v) is 7.71. The number of benzene rings is 1. The van der Waals surface area contributed by atoms with Crippen LogP contribution in [-0.2, 0) is 16.1 Å². The molecule has 0 amide bonds. The van der Waals surface area contributed by atoms with E-state index in [1.807, 2.05) is 12.1 Å². The lowest BCUT2D eigenvalue weighted by Gasteiger charge is -2.38. The molecule has 3 heterocycles. The highest BCUT2D eigenvalue weighted by molar-refractivity contribution is 7.93. The number of pyridine rings is 1. The molecule has 1 saturated heterocycles. The van der Waals surface area contributed by atoms with Crippen molar-refractivity contribution in [3.8, 4) is 5.75 Å². The predicted molar refractivity (Wildman–Crippen MR) is 113 cm³/mol. The number of anilines is 1. The lowest BCUT2D eigenvalue weighted by Crippen LogP contribution is -2.47. The average molecular weight is 401 g/mol. The summed E-state index contributed by atoms with van der Waals surface area (Å²) < 4.78 is 22.0. The minimum absolute atomic E-state index is 0.364. The highest BCUT2D eigenvalue weighted by atomic mass is 32.2. The van der Waals surface area contributed by atoms with E-state index in [2.05, 4.69) is 44.3 Å². The number of nitrogens with zero attached hydrogens (tertiary/aromatic N) is 4. The number of hydrogen-bond acceptors (Lipinski definition) is 6. The zero-order valence-corrected chi connectivity index (χ0v) is 17.6. The van der Waals surface area contributed by atoms with Gasteiger partial charge >= 0.3 is 0 Å². The lowest BCUT2D eigenvalue weighted by molar-refractivity contribution is 0.198. The van der Waals surface area contributed by atoms with Crippen LogP contribution in [0.3, 0.4) is 0 Å². The van der Waals surface area contributed by atoms with Gasteiger partial charge in [-0.2, -0.15) is 0 Å². The van der Waals surface area contributed by atoms with Gasteiger partial charge < -0.3 is 9.64 Å². The molecule has 2 aliphatic heterocycles. The Morgan fingerprint density at radius 2 is 1.96 bits per heavy atom. The van der Waals surface area contributed by atoms with E-state index in [0.29, 0.717) is 10.9 Å². The van der Waals surface area contributed by atoms with Gasteiger partial charge in [-0.15, -0.1) is 0 Å². The molecule has 2 atom stereocenters. The smallest absolute Gasteiger partial charge is 0.128 e. The van der Waals surface area contributed by atoms with Crippen molar-refractivity contribution in [2.45, 2.75) is 24.3 Å². The van der Waals surface area contributed by atoms with E-state index in [9.17, 15) is 4.21 Å². The van der Waals surface area contributed by atoms with Gasteiger partial charge in [-0.1, -0.05) is 12.1 Å². The van der Waals surface area contributed by atoms with Crippen molar-refractivity contribution in [3.05, 3.63) is 47.7 Å². The second kappa shape index (κ2) is 7.72. The van der Waals surface area contributed by atoms with Crippen molar-refractivity contribution in [1.82, 2.24) is 9.88 Å². The van der Waals surface area contributed by atoms with E-state index >= 15 is 0 Å². The van der Waals surface area contributed by atoms with Crippen molar-refractivity contribution >= 4 is 15.5 Å². The highest BCUT2D eigenvalue weighted by Gasteiger charge is 2.24. The van der Waals surface area contributed by atoms with Gasteiger partial charge in [0.15, 0.2) is 0 Å². The Kier molecular flexibility index (Phi) is 5.29. The SMILES string of the molecule is CN=S(C)(=O)c1ccc(N2CCN([C@@H](C)c3ccc4c(c3)OCC4)CC2)nc1. The molecule has 1 aromatic carbocycles. The predicted octanol–water partition coefficient (Wildman–Crippen LogP) is 2.99. The summed E-state index contributed by atoms with van der Waals surface area (Å²) in [6, 6.07) is 10.9. The fourth-order valence-corrected chi connectivity index (χ4v) is 4.66. The molecule has 1 aromatic heterocycles. The molecule has 28 heavy (non-hydrogen) atoms. The van der Waals surface area contributed by atoms with E-state index in [1.54, 1.807) is 19.5 Å². The maximum atomic E-state index is 12.3. The largest absolute Gasteiger partial charge is 0.493 e. The molecule has 0 radical (unpaired) electrons. The third-order valence-electron chi connectivity index (χ3n) is 5.90. The second-order valence-corrected chi connectivity index (χ2v) is 9.94. The van der Waals surface area contributed by atoms with Crippen molar-refractivity contribution in [2.75, 3.05) is 51.0 Å². The van der Waals surface area contributed by atoms with E-state index in [0.717, 1.165) is 50.8 Å². The molecule has 150 valence electrons. The normalized spacial score (nSPS) is 20.2. The van der Waals surface area contributed by atoms with Crippen molar-refractivity contribution < 1.29 is 8.95 Å². The number of aromatic nitrogens is 1. The number of fused-ring (bicyclic) bond motifs is 1. The van der Waals surface area contributed by atoms with Crippen molar-refractivity contribution in [1.29, 1.82) is 0 Å². The minimum atomic E-state index is -2.33. The van der Waals surface area contributed by atoms with E-state index in [-0.39, 0.29) is 0 Å². The van der Waals surface area contributed by atoms with Crippen LogP contribution in [-0.4, -0.2) is 60.2 Å². The molecule has 4 rings (SSSR count). The summed E-state index contributed by atoms with van der Waals surface area (Å²) in [6.45, 7) is 6.90. The van der Waals surface area contributed by atoms with Crippen LogP contribution in [0.5, 0.6) is 5.75 Å². The molecular weight excluding hydrogens is 372 g/mol. The maximum Gasteiger partial charge on any atom is 0.128 e. The first-order valence-electron chi connectivity index (χ1n) is 9.79. The Morgan fingerprint density at radius 3 is 2.64 bits per heavy atom. The van der Waals surface area contributed by atoms with Gasteiger partial charge in [0.1, 0.15) is 11.6 Å². The summed E-state index contributed by atoms with van der Waals surface area (Å²) in [5.74, 6) is 1.99. The molecule has 0 aliphatic carbocycles. The standard InChI is InChI=1S/C21H28N4O2S/c1-16(18-5-4-17-8-13-27-20(17)14-18)24-9-11-25(12-10-24)21-7-6-19(15-23-21)28(3,26)22-2/h4-7,14-16H,8-13H2,1-3H3/t16-,28?/m0/s1. The summed E-state index contributed by atoms with van der Waals surface area (Å²) in [5.41, 5.74) is 2.64. The molecule has 0 bridgehead atoms. The topological polar surface area (TPSA) is 58.0 Å². The molecule has 1 unspecified atom stereocenters. The van der Waals surface area contributed by atoms with Crippen molar-refractivity contribution in [3.63, 3.8) is 0 Å². The van der Waals surface area contributed by atoms with E-state index < -0.39 is 9.73 Å². The quantitative estimate of drug-likeness (QED) is 0.790. The zero-order chi connectivity index (χ0) is 19.7. The van der Waals surface area contributed by atoms with Gasteiger partial charge in [0.2, 0.25) is 0 Å². The molecule has 2 aliphatic rings. The fourth-order valence-electron chi connectivity index (χ4n) is 3.88. The number of piperazine rings is 1. The summed E-state index contributed by atoms with van der Waals surface area (Å²) in [6.07, 6.45) is 4.37. The first-order valence-corrected chi connectivity index (χ1v) is 11.7. The third kappa shape index (κ3) is 3.73. The van der Waals surface area contributed by atoms with E-state index in [1.165, 1.54) is 11.1 Å². The van der Waals surface area contributed by atoms with Gasteiger partial charge in [-0.25, -0.2) is 13.6 Å². The first-order chi connectivity index (χ1) is 13.5. The summed E-state index contributed by atoms with van der Waals surface area (Å²) in [7, 11) is -0.738. The van der Waals surface area contributed by atoms with Crippen molar-refractivity contribution in [2.24, 2.45) is 4.36 Å². The van der Waals surface area contributed by atoms with Gasteiger partial charge in [0.05, 0.1) is 21.2 Å². The van der Waals surface area contributed by atoms with Gasteiger partial charge in [0.25, 0.3) is 0 Å². The maximum absolute atomic E-state index is 12.3. The average Bonchev–Trinajstić information content (AvgIpc) is 3.21. The number of hydrogen-bond donors (Lipinski definition) is 0. The number of ether oxygens (including phenoxy) is 1. The Morgan fingerprint density at radius 1 is 1.18 bits per heavy atom. The minimum Gasteiger partial charge on any atom is -0.493 e. The molecule has 0 N–H and O–H groups in total. The van der Waals surface area contributed by atoms with Crippen LogP contribution in [0.4, 0.5) is 5.82 Å². The van der Waals surface area contributed by atoms with Crippen LogP contribution in [0.2, 0.25) is 0 Å². The monoisotopic (exact) mass is 400 g/mol. The van der Waals surface area contributed by atoms with Crippen LogP contribution in [0.25, 0.3) is 0 Å². The Balaban J connectivity index is 1.40. The van der Waals surface area contributed by atoms with Crippen LogP contribution >= 0.6 is 0 Å². The zero-order valence-electron chi connectivity index (χ0n) is 16.8. The molecule has 2 aromatic rings. The molecule has 6 nitrogen and oxygen atoms in total. The summed E-state index contributed by atoms with van der Waals surface area (Å²) in [5, 5.41) is 0. The Labute approximate surface area is 167 Å². The number of rotatable bonds is 4.